The molecule has 1 aromatic carbocycles. The van der Waals surface area contributed by atoms with Crippen molar-refractivity contribution in [2.75, 3.05) is 24.3 Å². The molecule has 2 heterocycles. The number of amides is 1. The number of primary amides is 1. The monoisotopic (exact) mass is 396 g/mol. The number of nitrogens with zero attached hydrogens (tertiary/aromatic N) is 2. The van der Waals surface area contributed by atoms with Crippen molar-refractivity contribution in [1.82, 2.24) is 15.3 Å². The average Bonchev–Trinajstić information content (AvgIpc) is 2.74. The van der Waals surface area contributed by atoms with Gasteiger partial charge in [0.25, 0.3) is 5.91 Å². The van der Waals surface area contributed by atoms with Crippen LogP contribution in [0.4, 0.5) is 11.6 Å². The van der Waals surface area contributed by atoms with E-state index in [9.17, 15) is 4.79 Å². The molecule has 5 N–H and O–H groups in total. The first-order chi connectivity index (χ1) is 14.2. The fourth-order valence-electron chi connectivity index (χ4n) is 4.24. The number of aromatic nitrogens is 2. The molecule has 2 aliphatic rings. The quantitative estimate of drug-likeness (QED) is 0.593. The first-order valence-electron chi connectivity index (χ1n) is 10.2. The minimum atomic E-state index is -0.599. The number of nitrogens with one attached hydrogen (secondary N) is 3. The first kappa shape index (κ1) is 19.4. The van der Waals surface area contributed by atoms with Gasteiger partial charge in [-0.15, -0.1) is 0 Å². The molecule has 8 heteroatoms. The number of para-hydroxylation sites is 1. The molecule has 0 saturated heterocycles. The lowest BCUT2D eigenvalue weighted by atomic mass is 9.90. The van der Waals surface area contributed by atoms with E-state index in [1.165, 1.54) is 12.8 Å². The minimum absolute atomic E-state index is 0.0256. The third-order valence-electron chi connectivity index (χ3n) is 5.75. The van der Waals surface area contributed by atoms with Crippen LogP contribution in [0.5, 0.6) is 5.75 Å². The van der Waals surface area contributed by atoms with Crippen LogP contribution in [0.2, 0.25) is 0 Å². The SMILES string of the molecule is CNC1CCCCC1Nc1cnc(C(N)=O)c(NC2CCOc3ccccc32)n1. The fraction of sp³-hybridized carbons (Fsp3) is 0.476. The number of ether oxygens (including phenoxy) is 1. The highest BCUT2D eigenvalue weighted by molar-refractivity contribution is 5.95. The summed E-state index contributed by atoms with van der Waals surface area (Å²) in [6, 6.07) is 8.53. The Hall–Kier alpha value is -2.87. The van der Waals surface area contributed by atoms with Crippen LogP contribution < -0.4 is 26.4 Å². The number of anilines is 2. The van der Waals surface area contributed by atoms with E-state index in [0.29, 0.717) is 24.3 Å². The zero-order chi connectivity index (χ0) is 20.2. The molecule has 0 bridgehead atoms. The summed E-state index contributed by atoms with van der Waals surface area (Å²) in [5, 5.41) is 10.3. The van der Waals surface area contributed by atoms with E-state index < -0.39 is 5.91 Å². The maximum absolute atomic E-state index is 11.9. The summed E-state index contributed by atoms with van der Waals surface area (Å²) in [7, 11) is 1.99. The average molecular weight is 396 g/mol. The number of carbonyl (C=O) groups excluding carboxylic acids is 1. The number of hydrogen-bond acceptors (Lipinski definition) is 7. The molecule has 1 aliphatic heterocycles. The van der Waals surface area contributed by atoms with E-state index in [4.69, 9.17) is 10.5 Å². The van der Waals surface area contributed by atoms with Gasteiger partial charge < -0.3 is 26.4 Å². The summed E-state index contributed by atoms with van der Waals surface area (Å²) in [6.45, 7) is 0.595. The smallest absolute Gasteiger partial charge is 0.271 e. The van der Waals surface area contributed by atoms with Crippen molar-refractivity contribution in [2.45, 2.75) is 50.2 Å². The molecule has 1 aliphatic carbocycles. The van der Waals surface area contributed by atoms with E-state index >= 15 is 0 Å². The molecule has 154 valence electrons. The Balaban J connectivity index is 1.59. The molecule has 8 nitrogen and oxygen atoms in total. The fourth-order valence-corrected chi connectivity index (χ4v) is 4.24. The lowest BCUT2D eigenvalue weighted by Crippen LogP contribution is -2.44. The summed E-state index contributed by atoms with van der Waals surface area (Å²) < 4.78 is 5.73. The van der Waals surface area contributed by atoms with Crippen molar-refractivity contribution in [2.24, 2.45) is 5.73 Å². The Morgan fingerprint density at radius 1 is 1.14 bits per heavy atom. The summed E-state index contributed by atoms with van der Waals surface area (Å²) >= 11 is 0. The summed E-state index contributed by atoms with van der Waals surface area (Å²) in [5.41, 5.74) is 6.74. The van der Waals surface area contributed by atoms with E-state index in [1.807, 2.05) is 31.3 Å². The molecule has 3 unspecified atom stereocenters. The lowest BCUT2D eigenvalue weighted by molar-refractivity contribution is 0.0996. The number of rotatable bonds is 6. The summed E-state index contributed by atoms with van der Waals surface area (Å²) in [5.74, 6) is 1.29. The van der Waals surface area contributed by atoms with Gasteiger partial charge in [0, 0.05) is 24.1 Å². The van der Waals surface area contributed by atoms with Gasteiger partial charge in [0.05, 0.1) is 18.8 Å². The van der Waals surface area contributed by atoms with Gasteiger partial charge in [-0.25, -0.2) is 9.97 Å². The molecule has 2 aromatic rings. The van der Waals surface area contributed by atoms with Crippen molar-refractivity contribution < 1.29 is 9.53 Å². The largest absolute Gasteiger partial charge is 0.493 e. The van der Waals surface area contributed by atoms with Gasteiger partial charge in [0.2, 0.25) is 0 Å². The van der Waals surface area contributed by atoms with Crippen molar-refractivity contribution in [3.63, 3.8) is 0 Å². The molecule has 1 amide bonds. The van der Waals surface area contributed by atoms with E-state index in [0.717, 1.165) is 30.6 Å². The molecule has 0 spiro atoms. The van der Waals surface area contributed by atoms with Gasteiger partial charge in [0.1, 0.15) is 11.6 Å². The van der Waals surface area contributed by atoms with Crippen LogP contribution in [0.15, 0.2) is 30.5 Å². The predicted molar refractivity (Wildman–Crippen MR) is 112 cm³/mol. The van der Waals surface area contributed by atoms with Gasteiger partial charge >= 0.3 is 0 Å². The molecule has 4 rings (SSSR count). The highest BCUT2D eigenvalue weighted by atomic mass is 16.5. The van der Waals surface area contributed by atoms with E-state index in [-0.39, 0.29) is 17.8 Å². The van der Waals surface area contributed by atoms with Crippen LogP contribution in [-0.2, 0) is 0 Å². The van der Waals surface area contributed by atoms with E-state index in [1.54, 1.807) is 6.20 Å². The van der Waals surface area contributed by atoms with Crippen molar-refractivity contribution >= 4 is 17.5 Å². The standard InChI is InChI=1S/C21H28N6O2/c1-23-15-7-3-4-8-16(15)25-18-12-24-19(20(22)28)21(27-18)26-14-10-11-29-17-9-5-2-6-13(14)17/h2,5-6,9,12,14-16,23H,3-4,7-8,10-11H2,1H3,(H2,22,28)(H2,25,26,27). The van der Waals surface area contributed by atoms with Crippen LogP contribution in [0.25, 0.3) is 0 Å². The van der Waals surface area contributed by atoms with Crippen LogP contribution in [-0.4, -0.2) is 41.6 Å². The third kappa shape index (κ3) is 4.27. The van der Waals surface area contributed by atoms with Gasteiger partial charge in [-0.2, -0.15) is 0 Å². The van der Waals surface area contributed by atoms with Crippen LogP contribution in [0.3, 0.4) is 0 Å². The molecule has 1 saturated carbocycles. The number of hydrogen-bond donors (Lipinski definition) is 4. The number of likely N-dealkylation sites (N-methyl/N-ethyl adjacent to an activating group) is 1. The maximum Gasteiger partial charge on any atom is 0.271 e. The maximum atomic E-state index is 11.9. The van der Waals surface area contributed by atoms with Crippen molar-refractivity contribution in [1.29, 1.82) is 0 Å². The Labute approximate surface area is 170 Å². The summed E-state index contributed by atoms with van der Waals surface area (Å²) in [4.78, 5) is 20.9. The van der Waals surface area contributed by atoms with Gasteiger partial charge in [-0.3, -0.25) is 4.79 Å². The molecular weight excluding hydrogens is 368 g/mol. The van der Waals surface area contributed by atoms with Crippen LogP contribution in [0.1, 0.15) is 54.2 Å². The van der Waals surface area contributed by atoms with Crippen molar-refractivity contribution in [3.05, 3.63) is 41.7 Å². The molecule has 0 radical (unpaired) electrons. The second-order valence-electron chi connectivity index (χ2n) is 7.62. The van der Waals surface area contributed by atoms with Crippen LogP contribution >= 0.6 is 0 Å². The normalized spacial score (nSPS) is 23.6. The van der Waals surface area contributed by atoms with Gasteiger partial charge in [0.15, 0.2) is 11.5 Å². The minimum Gasteiger partial charge on any atom is -0.493 e. The topological polar surface area (TPSA) is 114 Å². The predicted octanol–water partition coefficient (Wildman–Crippen LogP) is 2.45. The van der Waals surface area contributed by atoms with Crippen molar-refractivity contribution in [3.8, 4) is 5.75 Å². The second-order valence-corrected chi connectivity index (χ2v) is 7.62. The zero-order valence-corrected chi connectivity index (χ0v) is 16.6. The molecule has 1 fully saturated rings. The Bertz CT molecular complexity index is 874. The first-order valence-corrected chi connectivity index (χ1v) is 10.2. The number of carbonyl (C=O) groups is 1. The van der Waals surface area contributed by atoms with Gasteiger partial charge in [-0.1, -0.05) is 31.0 Å². The van der Waals surface area contributed by atoms with E-state index in [2.05, 4.69) is 25.9 Å². The van der Waals surface area contributed by atoms with Crippen LogP contribution in [0, 0.1) is 0 Å². The third-order valence-corrected chi connectivity index (χ3v) is 5.75. The highest BCUT2D eigenvalue weighted by Crippen LogP contribution is 2.34. The lowest BCUT2D eigenvalue weighted by Gasteiger charge is -2.32. The Kier molecular flexibility index (Phi) is 5.80. The highest BCUT2D eigenvalue weighted by Gasteiger charge is 2.26. The number of nitrogens with two attached hydrogens (primary N) is 1. The van der Waals surface area contributed by atoms with Gasteiger partial charge in [-0.05, 0) is 26.0 Å². The molecule has 29 heavy (non-hydrogen) atoms. The molecule has 3 atom stereocenters. The Morgan fingerprint density at radius 2 is 1.93 bits per heavy atom. The number of fused-ring (bicyclic) bond motifs is 1. The molecule has 1 aromatic heterocycles. The second kappa shape index (κ2) is 8.65. The Morgan fingerprint density at radius 3 is 2.72 bits per heavy atom. The molecular formula is C21H28N6O2. The summed E-state index contributed by atoms with van der Waals surface area (Å²) in [6.07, 6.45) is 6.97. The number of benzene rings is 1. The zero-order valence-electron chi connectivity index (χ0n) is 16.6.